The molecule has 0 bridgehead atoms. The molecule has 0 aromatic heterocycles. The first-order chi connectivity index (χ1) is 3.29. The van der Waals surface area contributed by atoms with Gasteiger partial charge in [0.2, 0.25) is 0 Å². The second-order valence-corrected chi connectivity index (χ2v) is 3.81. The Kier molecular flexibility index (Phi) is 4.70. The van der Waals surface area contributed by atoms with Crippen LogP contribution in [0.2, 0.25) is 3.97 Å². The van der Waals surface area contributed by atoms with Crippen LogP contribution in [0.5, 0.6) is 0 Å². The van der Waals surface area contributed by atoms with Crippen LogP contribution in [0.4, 0.5) is 0 Å². The molecule has 1 aliphatic carbocycles. The molecule has 0 saturated heterocycles. The Morgan fingerprint density at radius 1 is 1.62 bits per heavy atom. The van der Waals surface area contributed by atoms with E-state index >= 15 is 0 Å². The van der Waals surface area contributed by atoms with E-state index < -0.39 is 0 Å². The Morgan fingerprint density at radius 3 is 2.38 bits per heavy atom. The summed E-state index contributed by atoms with van der Waals surface area (Å²) < 4.78 is 0.684. The zero-order valence-electron chi connectivity index (χ0n) is 4.32. The molecule has 0 spiro atoms. The summed E-state index contributed by atoms with van der Waals surface area (Å²) in [5, 5.41) is 0. The third-order valence-electron chi connectivity index (χ3n) is 1.20. The van der Waals surface area contributed by atoms with Gasteiger partial charge in [-0.1, -0.05) is 0 Å². The molecule has 1 fully saturated rings. The fourth-order valence-electron chi connectivity index (χ4n) is 0.780. The average Bonchev–Trinajstić information content (AvgIpc) is 1.87. The summed E-state index contributed by atoms with van der Waals surface area (Å²) in [6.45, 7) is 0. The van der Waals surface area contributed by atoms with Crippen molar-refractivity contribution in [2.24, 2.45) is 0 Å². The van der Waals surface area contributed by atoms with Crippen LogP contribution in [-0.4, -0.2) is 28.1 Å². The van der Waals surface area contributed by atoms with E-state index in [0.29, 0.717) is 9.75 Å². The topological polar surface area (TPSA) is 17.1 Å². The molecule has 1 nitrogen and oxygen atoms in total. The van der Waals surface area contributed by atoms with Crippen molar-refractivity contribution in [3.05, 3.63) is 0 Å². The molecule has 1 aliphatic rings. The third kappa shape index (κ3) is 2.66. The first-order valence-corrected chi connectivity index (χ1v) is 3.81. The van der Waals surface area contributed by atoms with Gasteiger partial charge in [0.15, 0.2) is 0 Å². The van der Waals surface area contributed by atoms with E-state index in [1.54, 1.807) is 0 Å². The zero-order chi connectivity index (χ0) is 5.28. The molecule has 1 rings (SSSR count). The van der Waals surface area contributed by atoms with Gasteiger partial charge >= 0.3 is 56.1 Å². The van der Waals surface area contributed by atoms with Gasteiger partial charge in [0.1, 0.15) is 0 Å². The Morgan fingerprint density at radius 2 is 2.25 bits per heavy atom. The molecule has 0 aromatic carbocycles. The summed E-state index contributed by atoms with van der Waals surface area (Å²) in [5.74, 6) is 0.454. The van der Waals surface area contributed by atoms with Crippen molar-refractivity contribution in [2.75, 3.05) is 0 Å². The van der Waals surface area contributed by atoms with Gasteiger partial charge in [-0.25, -0.2) is 0 Å². The van der Waals surface area contributed by atoms with Gasteiger partial charge < -0.3 is 0 Å². The van der Waals surface area contributed by atoms with Gasteiger partial charge in [-0.05, 0) is 0 Å². The first kappa shape index (κ1) is 9.20. The molecular weight excluding hydrogens is 401 g/mol. The van der Waals surface area contributed by atoms with Crippen molar-refractivity contribution < 1.29 is 27.2 Å². The maximum Gasteiger partial charge on any atom is 0 e. The minimum Gasteiger partial charge on any atom is 0 e. The van der Waals surface area contributed by atoms with Crippen LogP contribution >= 0.6 is 0 Å². The monoisotopic (exact) mass is 410 g/mol. The van der Waals surface area contributed by atoms with Crippen molar-refractivity contribution in [3.63, 3.8) is 0 Å². The van der Waals surface area contributed by atoms with E-state index in [9.17, 15) is 4.79 Å². The maximum absolute atomic E-state index is 10.5. The smallest absolute Gasteiger partial charge is 0 e. The van der Waals surface area contributed by atoms with Gasteiger partial charge in [-0.2, -0.15) is 0 Å². The number of carbonyl (C=O) groups excluding carboxylic acids is 1. The van der Waals surface area contributed by atoms with E-state index in [1.807, 2.05) is 0 Å². The molecule has 0 heterocycles. The van der Waals surface area contributed by atoms with Crippen LogP contribution in [-0.2, 0) is 27.2 Å². The number of hydrogen-bond acceptors (Lipinski definition) is 1. The summed E-state index contributed by atoms with van der Waals surface area (Å²) >= 11 is 2.06. The van der Waals surface area contributed by atoms with Gasteiger partial charge in [-0.3, -0.25) is 0 Å². The predicted molar refractivity (Wildman–Crippen MR) is 28.4 cm³/mol. The van der Waals surface area contributed by atoms with E-state index in [1.165, 1.54) is 0 Å². The van der Waals surface area contributed by atoms with Crippen molar-refractivity contribution in [3.8, 4) is 0 Å². The van der Waals surface area contributed by atoms with Crippen LogP contribution in [0.3, 0.4) is 0 Å². The molecule has 0 aliphatic heterocycles. The van der Waals surface area contributed by atoms with Gasteiger partial charge in [0.05, 0.1) is 0 Å². The second kappa shape index (κ2) is 4.09. The van der Waals surface area contributed by atoms with Crippen molar-refractivity contribution >= 4 is 28.1 Å². The van der Waals surface area contributed by atoms with Crippen LogP contribution in [0, 0.1) is 0 Å². The first-order valence-electron chi connectivity index (χ1n) is 2.46. The van der Waals surface area contributed by atoms with E-state index in [2.05, 4.69) is 22.3 Å². The van der Waals surface area contributed by atoms with Crippen LogP contribution < -0.4 is 0 Å². The maximum atomic E-state index is 10.5. The van der Waals surface area contributed by atoms with Crippen LogP contribution in [0.15, 0.2) is 0 Å². The molecule has 1 atom stereocenters. The normalized spacial score (nSPS) is 27.6. The van der Waals surface area contributed by atoms with E-state index in [4.69, 9.17) is 0 Å². The molecule has 2 radical (unpaired) electrons. The van der Waals surface area contributed by atoms with Crippen molar-refractivity contribution in [1.29, 1.82) is 0 Å². The molecule has 50 valence electrons. The molecule has 3 heteroatoms. The number of hydrogen-bond donors (Lipinski definition) is 0. The fourth-order valence-corrected chi connectivity index (χ4v) is 1.65. The molecule has 0 N–H and O–H groups in total. The number of Topliss-reactive ketones (excluding diaryl/α,β-unsaturated/α-hetero) is 1. The largest absolute Gasteiger partial charge is 0 e. The standard InChI is InChI=1S/C5H7OTe.Au/c6-4-1-2-5(7)3-4;/h5H,1-3H2;. The van der Waals surface area contributed by atoms with Crippen molar-refractivity contribution in [1.82, 2.24) is 0 Å². The molecule has 0 aromatic rings. The number of ketones is 1. The Labute approximate surface area is 78.0 Å². The quantitative estimate of drug-likeness (QED) is 0.540. The minimum atomic E-state index is 0. The molecule has 0 amide bonds. The summed E-state index contributed by atoms with van der Waals surface area (Å²) in [5.41, 5.74) is 0. The second-order valence-electron chi connectivity index (χ2n) is 1.90. The number of carbonyl (C=O) groups is 1. The van der Waals surface area contributed by atoms with Gasteiger partial charge in [0.25, 0.3) is 0 Å². The SMILES string of the molecule is O=C1CCC([Te])C1.[Au]. The summed E-state index contributed by atoms with van der Waals surface area (Å²) in [6.07, 6.45) is 2.80. The van der Waals surface area contributed by atoms with Crippen LogP contribution in [0.1, 0.15) is 19.3 Å². The Balaban J connectivity index is 0.000000490. The Bertz CT molecular complexity index is 94.4. The predicted octanol–water partition coefficient (Wildman–Crippen LogP) is 0.694. The number of rotatable bonds is 0. The third-order valence-corrected chi connectivity index (χ3v) is 2.35. The summed E-state index contributed by atoms with van der Waals surface area (Å²) in [6, 6.07) is 0. The van der Waals surface area contributed by atoms with E-state index in [0.717, 1.165) is 19.3 Å². The van der Waals surface area contributed by atoms with Gasteiger partial charge in [0, 0.05) is 22.4 Å². The summed E-state index contributed by atoms with van der Waals surface area (Å²) in [4.78, 5) is 10.5. The molecule has 1 saturated carbocycles. The molecule has 8 heavy (non-hydrogen) atoms. The molecule has 1 unspecified atom stereocenters. The van der Waals surface area contributed by atoms with Crippen molar-refractivity contribution in [2.45, 2.75) is 23.2 Å². The Hall–Kier alpha value is 1.20. The van der Waals surface area contributed by atoms with Gasteiger partial charge in [-0.15, -0.1) is 0 Å². The van der Waals surface area contributed by atoms with Crippen LogP contribution in [0.25, 0.3) is 0 Å². The minimum absolute atomic E-state index is 0. The molecular formula is C5H7AuOTe. The average molecular weight is 408 g/mol. The van der Waals surface area contributed by atoms with E-state index in [-0.39, 0.29) is 22.4 Å². The fraction of sp³-hybridized carbons (Fsp3) is 0.800. The zero-order valence-corrected chi connectivity index (χ0v) is 8.81. The summed E-state index contributed by atoms with van der Waals surface area (Å²) in [7, 11) is 0.